The van der Waals surface area contributed by atoms with Gasteiger partial charge in [0.2, 0.25) is 0 Å². The summed E-state index contributed by atoms with van der Waals surface area (Å²) < 4.78 is 55.1. The van der Waals surface area contributed by atoms with E-state index >= 15 is 0 Å². The fourth-order valence-electron chi connectivity index (χ4n) is 1.27. The fraction of sp³-hybridized carbons (Fsp3) is 0.400. The highest BCUT2D eigenvalue weighted by molar-refractivity contribution is 5.47. The third kappa shape index (κ3) is 2.94. The molecule has 0 amide bonds. The molecular formula is C10H9F3O4. The molecule has 0 saturated carbocycles. The highest BCUT2D eigenvalue weighted by atomic mass is 19.4. The molecule has 0 spiro atoms. The molecule has 7 heteroatoms. The van der Waals surface area contributed by atoms with Crippen LogP contribution in [0.4, 0.5) is 13.2 Å². The van der Waals surface area contributed by atoms with Gasteiger partial charge < -0.3 is 18.9 Å². The lowest BCUT2D eigenvalue weighted by molar-refractivity contribution is -0.248. The maximum atomic E-state index is 11.9. The van der Waals surface area contributed by atoms with Gasteiger partial charge in [-0.25, -0.2) is 0 Å². The van der Waals surface area contributed by atoms with Crippen LogP contribution in [0.25, 0.3) is 0 Å². The molecule has 0 saturated heterocycles. The molecule has 94 valence electrons. The first-order chi connectivity index (χ1) is 7.98. The van der Waals surface area contributed by atoms with E-state index in [1.165, 1.54) is 19.2 Å². The van der Waals surface area contributed by atoms with E-state index < -0.39 is 19.3 Å². The smallest absolute Gasteiger partial charge is 0.412 e. The first kappa shape index (κ1) is 11.8. The third-order valence-electron chi connectivity index (χ3n) is 1.98. The molecule has 2 rings (SSSR count). The Balaban J connectivity index is 1.97. The zero-order chi connectivity index (χ0) is 12.5. The van der Waals surface area contributed by atoms with Crippen LogP contribution in [0.5, 0.6) is 17.2 Å². The van der Waals surface area contributed by atoms with E-state index in [1.807, 2.05) is 0 Å². The molecule has 1 aromatic rings. The van der Waals surface area contributed by atoms with E-state index in [-0.39, 0.29) is 5.75 Å². The molecule has 1 atom stereocenters. The minimum Gasteiger partial charge on any atom is -0.497 e. The Kier molecular flexibility index (Phi) is 3.01. The summed E-state index contributed by atoms with van der Waals surface area (Å²) in [5, 5.41) is 0. The molecule has 1 unspecified atom stereocenters. The standard InChI is InChI=1S/C10H9F3O4/c1-14-6-2-3-7-8(4-6)17-9(16-7)15-5-10(11,12)13/h2-4,9H,5H2,1H3. The second kappa shape index (κ2) is 4.33. The largest absolute Gasteiger partial charge is 0.497 e. The Morgan fingerprint density at radius 2 is 1.94 bits per heavy atom. The topological polar surface area (TPSA) is 36.9 Å². The minimum absolute atomic E-state index is 0.288. The van der Waals surface area contributed by atoms with Gasteiger partial charge in [0.15, 0.2) is 18.1 Å². The number of rotatable bonds is 3. The molecule has 17 heavy (non-hydrogen) atoms. The molecule has 0 aromatic heterocycles. The van der Waals surface area contributed by atoms with Crippen LogP contribution in [-0.2, 0) is 4.74 Å². The minimum atomic E-state index is -4.42. The van der Waals surface area contributed by atoms with Crippen LogP contribution in [0.15, 0.2) is 18.2 Å². The van der Waals surface area contributed by atoms with E-state index in [0.717, 1.165) is 0 Å². The number of hydrogen-bond donors (Lipinski definition) is 0. The number of halogens is 3. The van der Waals surface area contributed by atoms with E-state index in [1.54, 1.807) is 6.07 Å². The van der Waals surface area contributed by atoms with Gasteiger partial charge >= 0.3 is 12.7 Å². The van der Waals surface area contributed by atoms with Crippen molar-refractivity contribution in [2.75, 3.05) is 13.7 Å². The molecule has 4 nitrogen and oxygen atoms in total. The van der Waals surface area contributed by atoms with Crippen LogP contribution < -0.4 is 14.2 Å². The summed E-state index contributed by atoms with van der Waals surface area (Å²) in [6.45, 7) is -2.80. The molecule has 0 N–H and O–H groups in total. The summed E-state index contributed by atoms with van der Waals surface area (Å²) in [6.07, 6.45) is -4.42. The lowest BCUT2D eigenvalue weighted by Gasteiger charge is -2.12. The van der Waals surface area contributed by atoms with Crippen molar-refractivity contribution in [3.63, 3.8) is 0 Å². The maximum Gasteiger partial charge on any atom is 0.412 e. The highest BCUT2D eigenvalue weighted by Crippen LogP contribution is 2.37. The molecule has 0 fully saturated rings. The van der Waals surface area contributed by atoms with Crippen molar-refractivity contribution in [1.29, 1.82) is 0 Å². The Hall–Kier alpha value is -1.63. The molecule has 1 aliphatic rings. The van der Waals surface area contributed by atoms with Crippen molar-refractivity contribution in [3.05, 3.63) is 18.2 Å². The summed E-state index contributed by atoms with van der Waals surface area (Å²) in [5.74, 6) is 1.12. The third-order valence-corrected chi connectivity index (χ3v) is 1.98. The van der Waals surface area contributed by atoms with Gasteiger partial charge in [0.05, 0.1) is 7.11 Å². The van der Waals surface area contributed by atoms with Crippen molar-refractivity contribution in [3.8, 4) is 17.2 Å². The van der Waals surface area contributed by atoms with Crippen LogP contribution in [0.1, 0.15) is 0 Å². The Bertz CT molecular complexity index is 405. The number of methoxy groups -OCH3 is 1. The average molecular weight is 250 g/mol. The van der Waals surface area contributed by atoms with Crippen LogP contribution in [0.2, 0.25) is 0 Å². The molecular weight excluding hydrogens is 241 g/mol. The second-order valence-corrected chi connectivity index (χ2v) is 3.26. The maximum absolute atomic E-state index is 11.9. The van der Waals surface area contributed by atoms with E-state index in [2.05, 4.69) is 4.74 Å². The number of alkyl halides is 3. The molecule has 0 aliphatic carbocycles. The van der Waals surface area contributed by atoms with Crippen LogP contribution in [0.3, 0.4) is 0 Å². The van der Waals surface area contributed by atoms with Gasteiger partial charge in [0.25, 0.3) is 0 Å². The van der Waals surface area contributed by atoms with Crippen molar-refractivity contribution < 1.29 is 32.1 Å². The number of hydrogen-bond acceptors (Lipinski definition) is 4. The first-order valence-corrected chi connectivity index (χ1v) is 4.67. The number of fused-ring (bicyclic) bond motifs is 1. The molecule has 1 aliphatic heterocycles. The van der Waals surface area contributed by atoms with Gasteiger partial charge in [-0.15, -0.1) is 0 Å². The van der Waals surface area contributed by atoms with Gasteiger partial charge in [0, 0.05) is 6.07 Å². The monoisotopic (exact) mass is 250 g/mol. The predicted molar refractivity (Wildman–Crippen MR) is 50.0 cm³/mol. The summed E-state index contributed by atoms with van der Waals surface area (Å²) in [4.78, 5) is 0. The lowest BCUT2D eigenvalue weighted by atomic mass is 10.3. The quantitative estimate of drug-likeness (QED) is 0.825. The van der Waals surface area contributed by atoms with E-state index in [9.17, 15) is 13.2 Å². The number of benzene rings is 1. The first-order valence-electron chi connectivity index (χ1n) is 4.67. The Morgan fingerprint density at radius 1 is 1.24 bits per heavy atom. The van der Waals surface area contributed by atoms with Gasteiger partial charge in [0.1, 0.15) is 5.75 Å². The molecule has 0 bridgehead atoms. The average Bonchev–Trinajstić information content (AvgIpc) is 2.66. The SMILES string of the molecule is COc1ccc2c(c1)OC(OCC(F)(F)F)O2. The van der Waals surface area contributed by atoms with E-state index in [4.69, 9.17) is 14.2 Å². The van der Waals surface area contributed by atoms with Gasteiger partial charge in [-0.05, 0) is 12.1 Å². The van der Waals surface area contributed by atoms with Crippen LogP contribution in [0, 0.1) is 0 Å². The van der Waals surface area contributed by atoms with Crippen molar-refractivity contribution in [2.24, 2.45) is 0 Å². The Labute approximate surface area is 94.8 Å². The Morgan fingerprint density at radius 3 is 2.59 bits per heavy atom. The molecule has 1 aromatic carbocycles. The van der Waals surface area contributed by atoms with Gasteiger partial charge in [-0.1, -0.05) is 0 Å². The summed E-state index contributed by atoms with van der Waals surface area (Å²) in [7, 11) is 1.47. The van der Waals surface area contributed by atoms with Crippen LogP contribution >= 0.6 is 0 Å². The van der Waals surface area contributed by atoms with Crippen molar-refractivity contribution >= 4 is 0 Å². The molecule has 0 radical (unpaired) electrons. The normalized spacial score (nSPS) is 18.2. The molecule has 1 heterocycles. The predicted octanol–water partition coefficient (Wildman–Crippen LogP) is 2.33. The van der Waals surface area contributed by atoms with Crippen molar-refractivity contribution in [2.45, 2.75) is 12.7 Å². The summed E-state index contributed by atoms with van der Waals surface area (Å²) in [5.41, 5.74) is 0. The zero-order valence-corrected chi connectivity index (χ0v) is 8.78. The lowest BCUT2D eigenvalue weighted by Crippen LogP contribution is -2.28. The zero-order valence-electron chi connectivity index (χ0n) is 8.78. The highest BCUT2D eigenvalue weighted by Gasteiger charge is 2.33. The summed E-state index contributed by atoms with van der Waals surface area (Å²) in [6, 6.07) is 4.64. The summed E-state index contributed by atoms with van der Waals surface area (Å²) >= 11 is 0. The van der Waals surface area contributed by atoms with Crippen LogP contribution in [-0.4, -0.2) is 26.4 Å². The number of ether oxygens (including phenoxy) is 4. The second-order valence-electron chi connectivity index (χ2n) is 3.26. The van der Waals surface area contributed by atoms with Gasteiger partial charge in [-0.2, -0.15) is 13.2 Å². The van der Waals surface area contributed by atoms with E-state index in [0.29, 0.717) is 11.5 Å². The van der Waals surface area contributed by atoms with Gasteiger partial charge in [-0.3, -0.25) is 0 Å². The van der Waals surface area contributed by atoms with Crippen molar-refractivity contribution in [1.82, 2.24) is 0 Å². The fourth-order valence-corrected chi connectivity index (χ4v) is 1.27.